The molecule has 8 heteroatoms. The fourth-order valence-electron chi connectivity index (χ4n) is 3.97. The molecule has 5 nitrogen and oxygen atoms in total. The van der Waals surface area contributed by atoms with E-state index in [1.54, 1.807) is 18.3 Å². The monoisotopic (exact) mass is 462 g/mol. The molecule has 1 fully saturated rings. The Bertz CT molecular complexity index is 1340. The van der Waals surface area contributed by atoms with Gasteiger partial charge in [0.1, 0.15) is 0 Å². The maximum absolute atomic E-state index is 12.9. The van der Waals surface area contributed by atoms with Crippen molar-refractivity contribution in [3.63, 3.8) is 0 Å². The Kier molecular flexibility index (Phi) is 5.75. The Hall–Kier alpha value is -3.78. The maximum Gasteiger partial charge on any atom is 0.416 e. The smallest absolute Gasteiger partial charge is 0.322 e. The Morgan fingerprint density at radius 1 is 1.00 bits per heavy atom. The van der Waals surface area contributed by atoms with E-state index in [9.17, 15) is 18.0 Å². The molecule has 0 bridgehead atoms. The van der Waals surface area contributed by atoms with Crippen molar-refractivity contribution >= 4 is 22.6 Å². The zero-order chi connectivity index (χ0) is 23.7. The van der Waals surface area contributed by atoms with Gasteiger partial charge in [0.15, 0.2) is 5.65 Å². The van der Waals surface area contributed by atoms with Crippen LogP contribution in [0.25, 0.3) is 11.0 Å². The number of alkyl halides is 3. The first-order chi connectivity index (χ1) is 16.4. The quantitative estimate of drug-likeness (QED) is 0.395. The molecule has 1 aliphatic rings. The van der Waals surface area contributed by atoms with Gasteiger partial charge in [-0.1, -0.05) is 18.2 Å². The minimum Gasteiger partial charge on any atom is -0.322 e. The molecule has 1 aliphatic carbocycles. The number of carbonyl (C=O) groups is 1. The molecule has 5 rings (SSSR count). The predicted octanol–water partition coefficient (Wildman–Crippen LogP) is 5.55. The third kappa shape index (κ3) is 4.92. The van der Waals surface area contributed by atoms with Crippen molar-refractivity contribution in [2.75, 3.05) is 5.32 Å². The van der Waals surface area contributed by atoms with Gasteiger partial charge >= 0.3 is 6.18 Å². The number of amides is 1. The number of fused-ring (bicyclic) bond motifs is 1. The van der Waals surface area contributed by atoms with Gasteiger partial charge in [0, 0.05) is 41.3 Å². The van der Waals surface area contributed by atoms with E-state index < -0.39 is 17.6 Å². The summed E-state index contributed by atoms with van der Waals surface area (Å²) < 4.78 is 38.7. The van der Waals surface area contributed by atoms with Crippen molar-refractivity contribution in [3.8, 4) is 0 Å². The molecule has 1 amide bonds. The molecule has 0 spiro atoms. The molecule has 4 aromatic rings. The van der Waals surface area contributed by atoms with E-state index >= 15 is 0 Å². The first-order valence-electron chi connectivity index (χ1n) is 10.9. The topological polar surface area (TPSA) is 66.9 Å². The molecule has 2 aromatic carbocycles. The fraction of sp³-hybridized carbons (Fsp3) is 0.192. The summed E-state index contributed by atoms with van der Waals surface area (Å²) in [7, 11) is 0. The number of anilines is 1. The van der Waals surface area contributed by atoms with Gasteiger partial charge < -0.3 is 10.6 Å². The average molecular weight is 462 g/mol. The standard InChI is InChI=1S/C26H21F3N4O/c27-26(28,29)19-5-1-3-18(13-19)25(34)33-20-9-6-16(7-10-20)22-14-23(22)31-15-21-11-8-17-4-2-12-30-24(17)32-21/h1-13,22-23,31H,14-15H2,(H,33,34). The van der Waals surface area contributed by atoms with Crippen molar-refractivity contribution in [2.24, 2.45) is 0 Å². The van der Waals surface area contributed by atoms with Gasteiger partial charge in [-0.25, -0.2) is 9.97 Å². The van der Waals surface area contributed by atoms with Gasteiger partial charge in [-0.05, 0) is 66.6 Å². The van der Waals surface area contributed by atoms with Crippen LogP contribution >= 0.6 is 0 Å². The minimum atomic E-state index is -4.49. The summed E-state index contributed by atoms with van der Waals surface area (Å²) in [5.41, 5.74) is 2.45. The lowest BCUT2D eigenvalue weighted by atomic mass is 10.1. The third-order valence-corrected chi connectivity index (χ3v) is 5.91. The van der Waals surface area contributed by atoms with Crippen molar-refractivity contribution in [1.82, 2.24) is 15.3 Å². The molecule has 0 saturated heterocycles. The highest BCUT2D eigenvalue weighted by atomic mass is 19.4. The van der Waals surface area contributed by atoms with Crippen LogP contribution in [0.4, 0.5) is 18.9 Å². The van der Waals surface area contributed by atoms with Crippen LogP contribution in [0, 0.1) is 0 Å². The van der Waals surface area contributed by atoms with E-state index in [0.29, 0.717) is 24.2 Å². The van der Waals surface area contributed by atoms with Crippen LogP contribution in [-0.4, -0.2) is 21.9 Å². The lowest BCUT2D eigenvalue weighted by Crippen LogP contribution is -2.18. The second kappa shape index (κ2) is 8.87. The molecule has 0 aliphatic heterocycles. The van der Waals surface area contributed by atoms with E-state index in [4.69, 9.17) is 0 Å². The average Bonchev–Trinajstić information content (AvgIpc) is 3.62. The summed E-state index contributed by atoms with van der Waals surface area (Å²) in [5, 5.41) is 7.19. The number of hydrogen-bond donors (Lipinski definition) is 2. The Balaban J connectivity index is 1.16. The summed E-state index contributed by atoms with van der Waals surface area (Å²) in [6, 6.07) is 20.0. The molecular formula is C26H21F3N4O. The molecule has 0 radical (unpaired) electrons. The SMILES string of the molecule is O=C(Nc1ccc(C2CC2NCc2ccc3cccnc3n2)cc1)c1cccc(C(F)(F)F)c1. The van der Waals surface area contributed by atoms with Gasteiger partial charge in [0.25, 0.3) is 5.91 Å². The van der Waals surface area contributed by atoms with Crippen LogP contribution in [0.1, 0.15) is 39.5 Å². The molecule has 2 unspecified atom stereocenters. The van der Waals surface area contributed by atoms with Gasteiger partial charge in [-0.2, -0.15) is 13.2 Å². The molecule has 2 heterocycles. The van der Waals surface area contributed by atoms with Gasteiger partial charge in [-0.15, -0.1) is 0 Å². The zero-order valence-corrected chi connectivity index (χ0v) is 18.0. The van der Waals surface area contributed by atoms with Gasteiger partial charge in [0.05, 0.1) is 11.3 Å². The van der Waals surface area contributed by atoms with Crippen LogP contribution in [-0.2, 0) is 12.7 Å². The van der Waals surface area contributed by atoms with Crippen molar-refractivity contribution in [3.05, 3.63) is 101 Å². The van der Waals surface area contributed by atoms with E-state index in [2.05, 4.69) is 20.6 Å². The molecule has 34 heavy (non-hydrogen) atoms. The number of nitrogens with one attached hydrogen (secondary N) is 2. The highest BCUT2D eigenvalue weighted by Gasteiger charge is 2.37. The fourth-order valence-corrected chi connectivity index (χ4v) is 3.97. The number of benzene rings is 2. The number of nitrogens with zero attached hydrogens (tertiary/aromatic N) is 2. The van der Waals surface area contributed by atoms with Gasteiger partial charge in [-0.3, -0.25) is 4.79 Å². The molecule has 172 valence electrons. The first kappa shape index (κ1) is 22.0. The largest absolute Gasteiger partial charge is 0.416 e. The van der Waals surface area contributed by atoms with Crippen molar-refractivity contribution in [2.45, 2.75) is 31.1 Å². The lowest BCUT2D eigenvalue weighted by molar-refractivity contribution is -0.137. The highest BCUT2D eigenvalue weighted by Crippen LogP contribution is 2.41. The number of halogens is 3. The van der Waals surface area contributed by atoms with E-state index in [-0.39, 0.29) is 5.56 Å². The Morgan fingerprint density at radius 2 is 1.82 bits per heavy atom. The highest BCUT2D eigenvalue weighted by molar-refractivity contribution is 6.04. The van der Waals surface area contributed by atoms with Crippen LogP contribution in [0.2, 0.25) is 0 Å². The number of rotatable bonds is 6. The number of carbonyl (C=O) groups excluding carboxylic acids is 1. The molecular weight excluding hydrogens is 441 g/mol. The molecule has 2 aromatic heterocycles. The van der Waals surface area contributed by atoms with E-state index in [1.165, 1.54) is 12.1 Å². The zero-order valence-electron chi connectivity index (χ0n) is 18.0. The van der Waals surface area contributed by atoms with Crippen LogP contribution < -0.4 is 10.6 Å². The number of hydrogen-bond acceptors (Lipinski definition) is 4. The lowest BCUT2D eigenvalue weighted by Gasteiger charge is -2.10. The maximum atomic E-state index is 12.9. The first-order valence-corrected chi connectivity index (χ1v) is 10.9. The van der Waals surface area contributed by atoms with Crippen LogP contribution in [0.15, 0.2) is 79.0 Å². The summed E-state index contributed by atoms with van der Waals surface area (Å²) in [5.74, 6) is -0.214. The number of pyridine rings is 2. The molecule has 2 atom stereocenters. The van der Waals surface area contributed by atoms with E-state index in [0.717, 1.165) is 40.8 Å². The Labute approximate surface area is 194 Å². The summed E-state index contributed by atoms with van der Waals surface area (Å²) in [6.07, 6.45) is -1.76. The molecule has 2 N–H and O–H groups in total. The summed E-state index contributed by atoms with van der Waals surface area (Å²) in [6.45, 7) is 0.652. The van der Waals surface area contributed by atoms with E-state index in [1.807, 2.05) is 36.4 Å². The van der Waals surface area contributed by atoms with Gasteiger partial charge in [0.2, 0.25) is 0 Å². The van der Waals surface area contributed by atoms with Crippen LogP contribution in [0.5, 0.6) is 0 Å². The molecule has 1 saturated carbocycles. The second-order valence-electron chi connectivity index (χ2n) is 8.34. The number of aromatic nitrogens is 2. The predicted molar refractivity (Wildman–Crippen MR) is 123 cm³/mol. The van der Waals surface area contributed by atoms with Crippen molar-refractivity contribution < 1.29 is 18.0 Å². The van der Waals surface area contributed by atoms with Crippen LogP contribution in [0.3, 0.4) is 0 Å². The normalized spacial score (nSPS) is 17.5. The second-order valence-corrected chi connectivity index (χ2v) is 8.34. The third-order valence-electron chi connectivity index (χ3n) is 5.91. The summed E-state index contributed by atoms with van der Waals surface area (Å²) in [4.78, 5) is 21.3. The summed E-state index contributed by atoms with van der Waals surface area (Å²) >= 11 is 0. The Morgan fingerprint density at radius 3 is 2.62 bits per heavy atom. The minimum absolute atomic E-state index is 0.0390. The van der Waals surface area contributed by atoms with Crippen molar-refractivity contribution in [1.29, 1.82) is 0 Å².